The highest BCUT2D eigenvalue weighted by molar-refractivity contribution is 14.1. The molecule has 0 aromatic carbocycles. The molecular formula is C13H18INO3. The van der Waals surface area contributed by atoms with Gasteiger partial charge in [-0.15, -0.1) is 0 Å². The van der Waals surface area contributed by atoms with E-state index >= 15 is 0 Å². The van der Waals surface area contributed by atoms with Crippen LogP contribution in [0.2, 0.25) is 0 Å². The van der Waals surface area contributed by atoms with Gasteiger partial charge in [0.15, 0.2) is 0 Å². The van der Waals surface area contributed by atoms with E-state index in [1.165, 1.54) is 0 Å². The molecule has 2 rings (SSSR count). The normalized spacial score (nSPS) is 36.0. The van der Waals surface area contributed by atoms with Crippen molar-refractivity contribution in [2.24, 2.45) is 0 Å². The van der Waals surface area contributed by atoms with Crippen molar-refractivity contribution in [3.63, 3.8) is 0 Å². The van der Waals surface area contributed by atoms with Crippen molar-refractivity contribution in [3.05, 3.63) is 12.2 Å². The molecule has 0 heterocycles. The van der Waals surface area contributed by atoms with Crippen LogP contribution in [-0.2, 0) is 12.5 Å². The Morgan fingerprint density at radius 2 is 1.56 bits per heavy atom. The Kier molecular flexibility index (Phi) is 5.73. The molecule has 2 atom stereocenters. The second kappa shape index (κ2) is 7.31. The lowest BCUT2D eigenvalue weighted by molar-refractivity contribution is -0.0368. The molecule has 0 spiro atoms. The summed E-state index contributed by atoms with van der Waals surface area (Å²) in [5.74, 6) is 0. The third-order valence-electron chi connectivity index (χ3n) is 3.60. The summed E-state index contributed by atoms with van der Waals surface area (Å²) in [4.78, 5) is 0. The Morgan fingerprint density at radius 1 is 0.944 bits per heavy atom. The number of halogens is 1. The second-order valence-electron chi connectivity index (χ2n) is 4.87. The lowest BCUT2D eigenvalue weighted by atomic mass is 9.94. The maximum Gasteiger partial charge on any atom is 0.286 e. The van der Waals surface area contributed by atoms with Gasteiger partial charge in [0.25, 0.3) is 6.26 Å². The van der Waals surface area contributed by atoms with Crippen molar-refractivity contribution in [1.29, 1.82) is 5.26 Å². The smallest absolute Gasteiger partial charge is 0.286 e. The fraction of sp³-hybridized carbons (Fsp3) is 0.769. The average Bonchev–Trinajstić information content (AvgIpc) is 2.42. The summed E-state index contributed by atoms with van der Waals surface area (Å²) in [6, 6.07) is 0. The summed E-state index contributed by atoms with van der Waals surface area (Å²) in [7, 11) is 0. The van der Waals surface area contributed by atoms with Crippen LogP contribution in [0.15, 0.2) is 12.2 Å². The molecule has 1 saturated carbocycles. The molecule has 4 nitrogen and oxygen atoms in total. The Labute approximate surface area is 122 Å². The summed E-state index contributed by atoms with van der Waals surface area (Å²) in [5, 5.41) is 8.47. The maximum absolute atomic E-state index is 8.47. The summed E-state index contributed by atoms with van der Waals surface area (Å²) >= 11 is 1.95. The van der Waals surface area contributed by atoms with E-state index in [2.05, 4.69) is 12.2 Å². The quantitative estimate of drug-likeness (QED) is 0.437. The van der Waals surface area contributed by atoms with Crippen LogP contribution < -0.4 is 0 Å². The van der Waals surface area contributed by atoms with Gasteiger partial charge in [0.05, 0.1) is 18.3 Å². The zero-order valence-electron chi connectivity index (χ0n) is 10.3. The van der Waals surface area contributed by atoms with E-state index < -0.39 is 0 Å². The number of hydrogen-bond donors (Lipinski definition) is 0. The highest BCUT2D eigenvalue weighted by atomic mass is 127. The first-order valence-electron chi connectivity index (χ1n) is 6.47. The summed E-state index contributed by atoms with van der Waals surface area (Å²) < 4.78 is 16.3. The standard InChI is InChI=1S/C13H18INO3/c14-18-13-7-5-12(6-8-13)17-11-3-1-10(2-4-11)16-9-15/h5,7,10-13H,1-4,6,8H2. The molecule has 100 valence electrons. The van der Waals surface area contributed by atoms with Crippen LogP contribution in [0.5, 0.6) is 0 Å². The molecule has 2 aliphatic carbocycles. The number of rotatable bonds is 4. The number of nitrogens with zero attached hydrogens (tertiary/aromatic N) is 1. The van der Waals surface area contributed by atoms with Crippen LogP contribution in [0.4, 0.5) is 0 Å². The van der Waals surface area contributed by atoms with Crippen molar-refractivity contribution in [3.8, 4) is 6.26 Å². The molecule has 1 fully saturated rings. The summed E-state index contributed by atoms with van der Waals surface area (Å²) in [5.41, 5.74) is 0. The largest absolute Gasteiger partial charge is 0.424 e. The lowest BCUT2D eigenvalue weighted by Crippen LogP contribution is -2.30. The maximum atomic E-state index is 8.47. The molecule has 0 aromatic rings. The molecule has 0 bridgehead atoms. The van der Waals surface area contributed by atoms with Gasteiger partial charge in [-0.1, -0.05) is 12.2 Å². The average molecular weight is 363 g/mol. The molecule has 5 heteroatoms. The van der Waals surface area contributed by atoms with Crippen LogP contribution in [-0.4, -0.2) is 24.4 Å². The van der Waals surface area contributed by atoms with E-state index in [9.17, 15) is 0 Å². The third kappa shape index (κ3) is 4.11. The molecular weight excluding hydrogens is 345 g/mol. The van der Waals surface area contributed by atoms with Gasteiger partial charge in [-0.3, -0.25) is 0 Å². The van der Waals surface area contributed by atoms with Crippen LogP contribution in [0, 0.1) is 11.5 Å². The van der Waals surface area contributed by atoms with Gasteiger partial charge >= 0.3 is 0 Å². The highest BCUT2D eigenvalue weighted by Gasteiger charge is 2.25. The van der Waals surface area contributed by atoms with Crippen LogP contribution in [0.3, 0.4) is 0 Å². The molecule has 0 aromatic heterocycles. The molecule has 2 aliphatic rings. The number of hydrogen-bond acceptors (Lipinski definition) is 4. The number of nitriles is 1. The van der Waals surface area contributed by atoms with E-state index in [0.29, 0.717) is 6.10 Å². The highest BCUT2D eigenvalue weighted by Crippen LogP contribution is 2.27. The van der Waals surface area contributed by atoms with Gasteiger partial charge in [-0.2, -0.15) is 5.26 Å². The van der Waals surface area contributed by atoms with Crippen molar-refractivity contribution >= 4 is 23.0 Å². The van der Waals surface area contributed by atoms with Crippen LogP contribution in [0.25, 0.3) is 0 Å². The van der Waals surface area contributed by atoms with Crippen LogP contribution >= 0.6 is 23.0 Å². The molecule has 0 N–H and O–H groups in total. The fourth-order valence-electron chi connectivity index (χ4n) is 2.56. The predicted octanol–water partition coefficient (Wildman–Crippen LogP) is 3.27. The van der Waals surface area contributed by atoms with Gasteiger partial charge < -0.3 is 12.5 Å². The van der Waals surface area contributed by atoms with E-state index in [4.69, 9.17) is 17.8 Å². The summed E-state index contributed by atoms with van der Waals surface area (Å²) in [6.45, 7) is 0. The minimum Gasteiger partial charge on any atom is -0.424 e. The van der Waals surface area contributed by atoms with E-state index in [0.717, 1.165) is 38.5 Å². The topological polar surface area (TPSA) is 51.5 Å². The second-order valence-corrected chi connectivity index (χ2v) is 5.38. The van der Waals surface area contributed by atoms with E-state index in [1.54, 1.807) is 6.26 Å². The molecule has 0 amide bonds. The van der Waals surface area contributed by atoms with Gasteiger partial charge in [-0.05, 0) is 38.5 Å². The first kappa shape index (κ1) is 14.1. The van der Waals surface area contributed by atoms with E-state index in [1.807, 2.05) is 23.0 Å². The Morgan fingerprint density at radius 3 is 2.11 bits per heavy atom. The van der Waals surface area contributed by atoms with Gasteiger partial charge in [0, 0.05) is 0 Å². The first-order chi connectivity index (χ1) is 8.81. The Hall–Kier alpha value is -0.320. The Bertz CT molecular complexity index is 321. The van der Waals surface area contributed by atoms with Crippen molar-refractivity contribution < 1.29 is 12.5 Å². The fourth-order valence-corrected chi connectivity index (χ4v) is 2.99. The van der Waals surface area contributed by atoms with Crippen molar-refractivity contribution in [1.82, 2.24) is 0 Å². The zero-order chi connectivity index (χ0) is 12.8. The lowest BCUT2D eigenvalue weighted by Gasteiger charge is -2.31. The van der Waals surface area contributed by atoms with Gasteiger partial charge in [0.2, 0.25) is 0 Å². The predicted molar refractivity (Wildman–Crippen MR) is 74.9 cm³/mol. The molecule has 2 unspecified atom stereocenters. The van der Waals surface area contributed by atoms with Crippen LogP contribution in [0.1, 0.15) is 38.5 Å². The van der Waals surface area contributed by atoms with Gasteiger partial charge in [0.1, 0.15) is 29.1 Å². The molecule has 0 saturated heterocycles. The van der Waals surface area contributed by atoms with Crippen molar-refractivity contribution in [2.45, 2.75) is 62.9 Å². The first-order valence-corrected chi connectivity index (χ1v) is 7.36. The molecule has 18 heavy (non-hydrogen) atoms. The zero-order valence-corrected chi connectivity index (χ0v) is 12.4. The molecule has 0 radical (unpaired) electrons. The number of ether oxygens (including phenoxy) is 2. The summed E-state index contributed by atoms with van der Waals surface area (Å²) in [6.07, 6.45) is 12.8. The minimum atomic E-state index is 0.105. The van der Waals surface area contributed by atoms with Crippen molar-refractivity contribution in [2.75, 3.05) is 0 Å². The third-order valence-corrected chi connectivity index (χ3v) is 4.25. The van der Waals surface area contributed by atoms with Gasteiger partial charge in [-0.25, -0.2) is 0 Å². The molecule has 0 aliphatic heterocycles. The SMILES string of the molecule is N#COC1CCC(OC2C=CC(OI)CC2)CC1. The Balaban J connectivity index is 1.71. The minimum absolute atomic E-state index is 0.105. The van der Waals surface area contributed by atoms with E-state index in [-0.39, 0.29) is 18.3 Å². The monoisotopic (exact) mass is 363 g/mol.